The zero-order valence-corrected chi connectivity index (χ0v) is 11.8. The maximum absolute atomic E-state index is 11.4. The van der Waals surface area contributed by atoms with Crippen LogP contribution in [0.5, 0.6) is 0 Å². The molecule has 5 heteroatoms. The number of rotatable bonds is 10. The molecule has 0 rings (SSSR count). The van der Waals surface area contributed by atoms with Gasteiger partial charge in [-0.2, -0.15) is 0 Å². The zero-order valence-electron chi connectivity index (χ0n) is 11.8. The van der Waals surface area contributed by atoms with Crippen molar-refractivity contribution in [1.29, 1.82) is 0 Å². The van der Waals surface area contributed by atoms with Crippen LogP contribution in [0.2, 0.25) is 0 Å². The Bertz CT molecular complexity index is 336. The van der Waals surface area contributed by atoms with Gasteiger partial charge >= 0.3 is 5.97 Å². The molecule has 19 heavy (non-hydrogen) atoms. The predicted molar refractivity (Wildman–Crippen MR) is 72.5 cm³/mol. The summed E-state index contributed by atoms with van der Waals surface area (Å²) in [5.41, 5.74) is 0.353. The lowest BCUT2D eigenvalue weighted by Gasteiger charge is -2.05. The molecule has 0 aromatic heterocycles. The summed E-state index contributed by atoms with van der Waals surface area (Å²) < 4.78 is 4.87. The Labute approximate surface area is 114 Å². The monoisotopic (exact) mass is 269 g/mol. The molecule has 0 aliphatic rings. The van der Waals surface area contributed by atoms with Crippen molar-refractivity contribution in [2.24, 2.45) is 0 Å². The van der Waals surface area contributed by atoms with Gasteiger partial charge in [-0.3, -0.25) is 9.59 Å². The summed E-state index contributed by atoms with van der Waals surface area (Å²) in [6, 6.07) is 0. The molecule has 0 saturated carbocycles. The van der Waals surface area contributed by atoms with Gasteiger partial charge in [-0.1, -0.05) is 19.9 Å². The van der Waals surface area contributed by atoms with Crippen molar-refractivity contribution in [2.75, 3.05) is 13.2 Å². The van der Waals surface area contributed by atoms with Crippen LogP contribution in [0.4, 0.5) is 0 Å². The van der Waals surface area contributed by atoms with E-state index < -0.39 is 17.7 Å². The Morgan fingerprint density at radius 2 is 1.84 bits per heavy atom. The van der Waals surface area contributed by atoms with E-state index in [4.69, 9.17) is 4.74 Å². The summed E-state index contributed by atoms with van der Waals surface area (Å²) in [5, 5.41) is 2.57. The quantitative estimate of drug-likeness (QED) is 0.284. The number of Topliss-reactive ketones (excluding diaryl/α,β-unsaturated/α-hetero) is 1. The maximum Gasteiger partial charge on any atom is 0.333 e. The van der Waals surface area contributed by atoms with Crippen molar-refractivity contribution < 1.29 is 19.1 Å². The molecule has 0 aromatic rings. The van der Waals surface area contributed by atoms with Crippen LogP contribution in [0.3, 0.4) is 0 Å². The van der Waals surface area contributed by atoms with Gasteiger partial charge in [-0.25, -0.2) is 4.79 Å². The maximum atomic E-state index is 11.4. The number of esters is 1. The molecule has 1 amide bonds. The average Bonchev–Trinajstić information content (AvgIpc) is 2.37. The Balaban J connectivity index is 3.60. The van der Waals surface area contributed by atoms with E-state index in [1.54, 1.807) is 6.92 Å². The van der Waals surface area contributed by atoms with E-state index in [1.165, 1.54) is 0 Å². The third-order valence-corrected chi connectivity index (χ3v) is 2.45. The third-order valence-electron chi connectivity index (χ3n) is 2.45. The highest BCUT2D eigenvalue weighted by molar-refractivity contribution is 6.36. The summed E-state index contributed by atoms with van der Waals surface area (Å²) in [5.74, 6) is -1.36. The van der Waals surface area contributed by atoms with Gasteiger partial charge in [0.15, 0.2) is 0 Å². The lowest BCUT2D eigenvalue weighted by Crippen LogP contribution is -2.31. The second-order valence-corrected chi connectivity index (χ2v) is 4.41. The average molecular weight is 269 g/mol. The normalized spacial score (nSPS) is 9.79. The van der Waals surface area contributed by atoms with Gasteiger partial charge in [-0.15, -0.1) is 0 Å². The van der Waals surface area contributed by atoms with Crippen molar-refractivity contribution in [3.8, 4) is 0 Å². The fraction of sp³-hybridized carbons (Fsp3) is 0.643. The van der Waals surface area contributed by atoms with Crippen LogP contribution >= 0.6 is 0 Å². The largest absolute Gasteiger partial charge is 0.462 e. The first-order chi connectivity index (χ1) is 8.99. The zero-order chi connectivity index (χ0) is 14.7. The fourth-order valence-electron chi connectivity index (χ4n) is 1.27. The summed E-state index contributed by atoms with van der Waals surface area (Å²) in [4.78, 5) is 33.8. The molecule has 0 aliphatic carbocycles. The molecular weight excluding hydrogens is 246 g/mol. The molecule has 0 saturated heterocycles. The van der Waals surface area contributed by atoms with Gasteiger partial charge in [0.2, 0.25) is 5.78 Å². The van der Waals surface area contributed by atoms with E-state index in [-0.39, 0.29) is 13.0 Å². The third kappa shape index (κ3) is 8.99. The Morgan fingerprint density at radius 3 is 2.42 bits per heavy atom. The van der Waals surface area contributed by atoms with Crippen LogP contribution < -0.4 is 5.32 Å². The van der Waals surface area contributed by atoms with Gasteiger partial charge in [0.1, 0.15) is 0 Å². The van der Waals surface area contributed by atoms with Crippen molar-refractivity contribution in [3.63, 3.8) is 0 Å². The molecule has 0 atom stereocenters. The molecule has 0 spiro atoms. The first-order valence-electron chi connectivity index (χ1n) is 6.62. The molecule has 1 N–H and O–H groups in total. The van der Waals surface area contributed by atoms with Gasteiger partial charge < -0.3 is 10.1 Å². The summed E-state index contributed by atoms with van der Waals surface area (Å²) in [7, 11) is 0. The number of ether oxygens (including phenoxy) is 1. The molecule has 0 bridgehead atoms. The number of nitrogens with one attached hydrogen (secondary N) is 1. The number of hydrogen-bond donors (Lipinski definition) is 1. The van der Waals surface area contributed by atoms with Gasteiger partial charge in [0.05, 0.1) is 6.61 Å². The van der Waals surface area contributed by atoms with Crippen molar-refractivity contribution in [2.45, 2.75) is 46.0 Å². The summed E-state index contributed by atoms with van der Waals surface area (Å²) >= 11 is 0. The van der Waals surface area contributed by atoms with E-state index in [0.29, 0.717) is 25.0 Å². The van der Waals surface area contributed by atoms with Crippen LogP contribution in [0.15, 0.2) is 12.2 Å². The lowest BCUT2D eigenvalue weighted by atomic mass is 10.1. The Kier molecular flexibility index (Phi) is 9.40. The molecule has 0 heterocycles. The first-order valence-corrected chi connectivity index (χ1v) is 6.62. The molecular formula is C14H23NO4. The molecule has 108 valence electrons. The number of hydrogen-bond acceptors (Lipinski definition) is 4. The van der Waals surface area contributed by atoms with E-state index >= 15 is 0 Å². The van der Waals surface area contributed by atoms with E-state index in [2.05, 4.69) is 11.9 Å². The number of carbonyl (C=O) groups excluding carboxylic acids is 3. The minimum absolute atomic E-state index is 0.183. The number of carbonyl (C=O) groups is 3. The van der Waals surface area contributed by atoms with E-state index in [0.717, 1.165) is 12.8 Å². The molecule has 0 radical (unpaired) electrons. The van der Waals surface area contributed by atoms with Gasteiger partial charge in [-0.05, 0) is 26.2 Å². The minimum atomic E-state index is -0.521. The number of ketones is 1. The standard InChI is InChI=1S/C14H23NO4/c1-4-5-9-15-13(17)12(16)8-6-7-10-19-14(18)11(2)3/h2,4-10H2,1,3H3,(H,15,17). The number of amides is 1. The van der Waals surface area contributed by atoms with E-state index in [1.807, 2.05) is 6.92 Å². The van der Waals surface area contributed by atoms with Crippen molar-refractivity contribution in [1.82, 2.24) is 5.32 Å². The minimum Gasteiger partial charge on any atom is -0.462 e. The highest BCUT2D eigenvalue weighted by atomic mass is 16.5. The summed E-state index contributed by atoms with van der Waals surface area (Å²) in [6.07, 6.45) is 3.12. The highest BCUT2D eigenvalue weighted by Crippen LogP contribution is 2.00. The molecule has 0 aliphatic heterocycles. The molecule has 0 fully saturated rings. The SMILES string of the molecule is C=C(C)C(=O)OCCCCC(=O)C(=O)NCCCC. The van der Waals surface area contributed by atoms with Gasteiger partial charge in [0, 0.05) is 18.5 Å². The number of unbranched alkanes of at least 4 members (excludes halogenated alkanes) is 2. The lowest BCUT2D eigenvalue weighted by molar-refractivity contribution is -0.139. The second-order valence-electron chi connectivity index (χ2n) is 4.41. The van der Waals surface area contributed by atoms with E-state index in [9.17, 15) is 14.4 Å². The fourth-order valence-corrected chi connectivity index (χ4v) is 1.27. The first kappa shape index (κ1) is 17.4. The Morgan fingerprint density at radius 1 is 1.16 bits per heavy atom. The Hall–Kier alpha value is -1.65. The molecule has 0 aromatic carbocycles. The highest BCUT2D eigenvalue weighted by Gasteiger charge is 2.12. The smallest absolute Gasteiger partial charge is 0.333 e. The molecule has 0 unspecified atom stereocenters. The van der Waals surface area contributed by atoms with Crippen LogP contribution in [-0.4, -0.2) is 30.8 Å². The van der Waals surface area contributed by atoms with Crippen molar-refractivity contribution in [3.05, 3.63) is 12.2 Å². The molecule has 5 nitrogen and oxygen atoms in total. The topological polar surface area (TPSA) is 72.5 Å². The van der Waals surface area contributed by atoms with Crippen molar-refractivity contribution >= 4 is 17.7 Å². The van der Waals surface area contributed by atoms with Crippen LogP contribution in [0.1, 0.15) is 46.0 Å². The summed E-state index contributed by atoms with van der Waals surface area (Å²) in [6.45, 7) is 7.83. The van der Waals surface area contributed by atoms with Gasteiger partial charge in [0.25, 0.3) is 5.91 Å². The predicted octanol–water partition coefficient (Wildman–Crippen LogP) is 1.76. The van der Waals surface area contributed by atoms with Crippen LogP contribution in [0, 0.1) is 0 Å². The second kappa shape index (κ2) is 10.3. The van der Waals surface area contributed by atoms with Crippen LogP contribution in [0.25, 0.3) is 0 Å². The van der Waals surface area contributed by atoms with Crippen LogP contribution in [-0.2, 0) is 19.1 Å².